The molecule has 1 atom stereocenters. The van der Waals surface area contributed by atoms with E-state index in [-0.39, 0.29) is 0 Å². The van der Waals surface area contributed by atoms with Crippen LogP contribution in [-0.4, -0.2) is 20.4 Å². The Morgan fingerprint density at radius 2 is 2.05 bits per heavy atom. The fourth-order valence-corrected chi connectivity index (χ4v) is 4.40. The Kier molecular flexibility index (Phi) is 3.73. The predicted octanol–water partition coefficient (Wildman–Crippen LogP) is 1.91. The summed E-state index contributed by atoms with van der Waals surface area (Å²) < 4.78 is 25.8. The molecule has 3 rings (SSSR count). The van der Waals surface area contributed by atoms with Crippen LogP contribution < -0.4 is 10.5 Å². The molecule has 5 nitrogen and oxygen atoms in total. The summed E-state index contributed by atoms with van der Waals surface area (Å²) in [6.45, 7) is 0. The van der Waals surface area contributed by atoms with E-state index in [0.717, 1.165) is 25.0 Å². The number of hydrogen-bond donors (Lipinski definition) is 2. The Balaban J connectivity index is 1.83. The van der Waals surface area contributed by atoms with E-state index in [0.29, 0.717) is 15.9 Å². The third kappa shape index (κ3) is 2.81. The second kappa shape index (κ2) is 5.40. The van der Waals surface area contributed by atoms with E-state index in [1.54, 1.807) is 23.5 Å². The van der Waals surface area contributed by atoms with E-state index in [4.69, 9.17) is 5.73 Å². The minimum atomic E-state index is -3.37. The number of thiazole rings is 1. The summed E-state index contributed by atoms with van der Waals surface area (Å²) >= 11 is 1.56. The van der Waals surface area contributed by atoms with Gasteiger partial charge in [0.1, 0.15) is 0 Å². The topological polar surface area (TPSA) is 85.1 Å². The molecular formula is C14H17N3O2S2. The number of nitrogens with zero attached hydrogens (tertiary/aromatic N) is 1. The Hall–Kier alpha value is -1.44. The number of fused-ring (bicyclic) bond motifs is 1. The van der Waals surface area contributed by atoms with Crippen LogP contribution in [0.25, 0.3) is 0 Å². The maximum Gasteiger partial charge on any atom is 0.240 e. The van der Waals surface area contributed by atoms with Crippen LogP contribution in [0.1, 0.15) is 28.5 Å². The molecule has 21 heavy (non-hydrogen) atoms. The van der Waals surface area contributed by atoms with Gasteiger partial charge < -0.3 is 5.73 Å². The van der Waals surface area contributed by atoms with Crippen molar-refractivity contribution in [3.8, 4) is 0 Å². The van der Waals surface area contributed by atoms with Crippen molar-refractivity contribution in [1.29, 1.82) is 0 Å². The molecule has 0 radical (unpaired) electrons. The molecule has 0 saturated carbocycles. The maximum absolute atomic E-state index is 11.7. The van der Waals surface area contributed by atoms with Gasteiger partial charge in [-0.1, -0.05) is 12.1 Å². The van der Waals surface area contributed by atoms with Gasteiger partial charge in [0.25, 0.3) is 0 Å². The van der Waals surface area contributed by atoms with E-state index >= 15 is 0 Å². The molecule has 3 N–H and O–H groups in total. The summed E-state index contributed by atoms with van der Waals surface area (Å²) in [6.07, 6.45) is 2.89. The van der Waals surface area contributed by atoms with Crippen molar-refractivity contribution in [2.45, 2.75) is 30.1 Å². The van der Waals surface area contributed by atoms with Crippen molar-refractivity contribution in [2.75, 3.05) is 12.8 Å². The van der Waals surface area contributed by atoms with Gasteiger partial charge in [0.2, 0.25) is 10.0 Å². The molecule has 7 heteroatoms. The Bertz CT molecular complexity index is 751. The smallest absolute Gasteiger partial charge is 0.240 e. The highest BCUT2D eigenvalue weighted by molar-refractivity contribution is 7.89. The monoisotopic (exact) mass is 323 g/mol. The highest BCUT2D eigenvalue weighted by Gasteiger charge is 2.23. The fourth-order valence-electron chi connectivity index (χ4n) is 2.72. The zero-order chi connectivity index (χ0) is 15.0. The molecule has 1 aliphatic carbocycles. The van der Waals surface area contributed by atoms with Gasteiger partial charge in [-0.15, -0.1) is 11.3 Å². The summed E-state index contributed by atoms with van der Waals surface area (Å²) in [5.41, 5.74) is 8.06. The fraction of sp³-hybridized carbons (Fsp3) is 0.357. The molecule has 0 saturated heterocycles. The SMILES string of the molecule is CNS(=O)(=O)c1ccc(C2CCc3nc(N)sc3C2)cc1. The van der Waals surface area contributed by atoms with Crippen LogP contribution in [0.15, 0.2) is 29.2 Å². The number of hydrogen-bond acceptors (Lipinski definition) is 5. The quantitative estimate of drug-likeness (QED) is 0.903. The van der Waals surface area contributed by atoms with Crippen LogP contribution >= 0.6 is 11.3 Å². The number of anilines is 1. The minimum absolute atomic E-state index is 0.298. The summed E-state index contributed by atoms with van der Waals surface area (Å²) in [4.78, 5) is 5.90. The molecular weight excluding hydrogens is 306 g/mol. The summed E-state index contributed by atoms with van der Waals surface area (Å²) in [5.74, 6) is 0.406. The van der Waals surface area contributed by atoms with Crippen molar-refractivity contribution in [1.82, 2.24) is 9.71 Å². The zero-order valence-corrected chi connectivity index (χ0v) is 13.3. The number of aryl methyl sites for hydroxylation is 1. The third-order valence-corrected chi connectivity index (χ3v) is 6.27. The van der Waals surface area contributed by atoms with E-state index in [1.807, 2.05) is 12.1 Å². The molecule has 1 aliphatic rings. The average molecular weight is 323 g/mol. The average Bonchev–Trinajstić information content (AvgIpc) is 2.86. The first kappa shape index (κ1) is 14.5. The normalized spacial score (nSPS) is 18.4. The first-order chi connectivity index (χ1) is 9.99. The number of sulfonamides is 1. The van der Waals surface area contributed by atoms with Gasteiger partial charge in [-0.2, -0.15) is 0 Å². The number of rotatable bonds is 3. The van der Waals surface area contributed by atoms with Crippen molar-refractivity contribution < 1.29 is 8.42 Å². The first-order valence-electron chi connectivity index (χ1n) is 6.77. The molecule has 1 aromatic heterocycles. The minimum Gasteiger partial charge on any atom is -0.375 e. The molecule has 0 fully saturated rings. The highest BCUT2D eigenvalue weighted by atomic mass is 32.2. The Morgan fingerprint density at radius 3 is 2.71 bits per heavy atom. The van der Waals surface area contributed by atoms with Gasteiger partial charge in [0.05, 0.1) is 10.6 Å². The molecule has 2 aromatic rings. The van der Waals surface area contributed by atoms with Crippen LogP contribution in [-0.2, 0) is 22.9 Å². The standard InChI is InChI=1S/C14H17N3O2S2/c1-16-21(18,19)11-5-2-9(3-6-11)10-4-7-12-13(8-10)20-14(15)17-12/h2-3,5-6,10,16H,4,7-8H2,1H3,(H2,15,17). The van der Waals surface area contributed by atoms with E-state index in [1.165, 1.54) is 17.5 Å². The van der Waals surface area contributed by atoms with Crippen molar-refractivity contribution in [3.05, 3.63) is 40.4 Å². The number of nitrogens with one attached hydrogen (secondary N) is 1. The van der Waals surface area contributed by atoms with E-state index in [2.05, 4.69) is 9.71 Å². The first-order valence-corrected chi connectivity index (χ1v) is 9.07. The lowest BCUT2D eigenvalue weighted by molar-refractivity contribution is 0.581. The van der Waals surface area contributed by atoms with E-state index < -0.39 is 10.0 Å². The second-order valence-electron chi connectivity index (χ2n) is 5.14. The Morgan fingerprint density at radius 1 is 1.33 bits per heavy atom. The van der Waals surface area contributed by atoms with Crippen LogP contribution in [0.4, 0.5) is 5.13 Å². The van der Waals surface area contributed by atoms with Crippen molar-refractivity contribution >= 4 is 26.5 Å². The van der Waals surface area contributed by atoms with Gasteiger partial charge in [0, 0.05) is 4.88 Å². The largest absolute Gasteiger partial charge is 0.375 e. The molecule has 0 spiro atoms. The lowest BCUT2D eigenvalue weighted by Gasteiger charge is -2.21. The predicted molar refractivity (Wildman–Crippen MR) is 84.0 cm³/mol. The lowest BCUT2D eigenvalue weighted by Crippen LogP contribution is -2.18. The third-order valence-electron chi connectivity index (χ3n) is 3.89. The second-order valence-corrected chi connectivity index (χ2v) is 8.14. The number of benzene rings is 1. The van der Waals surface area contributed by atoms with Gasteiger partial charge in [-0.05, 0) is 49.9 Å². The van der Waals surface area contributed by atoms with Gasteiger partial charge in [-0.25, -0.2) is 18.1 Å². The molecule has 0 amide bonds. The van der Waals surface area contributed by atoms with Gasteiger partial charge in [-0.3, -0.25) is 0 Å². The zero-order valence-electron chi connectivity index (χ0n) is 11.7. The van der Waals surface area contributed by atoms with Crippen LogP contribution in [0.5, 0.6) is 0 Å². The molecule has 0 bridgehead atoms. The number of nitrogens with two attached hydrogens (primary N) is 1. The molecule has 1 heterocycles. The summed E-state index contributed by atoms with van der Waals surface area (Å²) in [6, 6.07) is 7.14. The lowest BCUT2D eigenvalue weighted by atomic mass is 9.85. The number of nitrogen functional groups attached to an aromatic ring is 1. The molecule has 1 unspecified atom stereocenters. The van der Waals surface area contributed by atoms with Crippen molar-refractivity contribution in [2.24, 2.45) is 0 Å². The van der Waals surface area contributed by atoms with Crippen LogP contribution in [0.3, 0.4) is 0 Å². The van der Waals surface area contributed by atoms with Gasteiger partial charge in [0.15, 0.2) is 5.13 Å². The van der Waals surface area contributed by atoms with Crippen LogP contribution in [0, 0.1) is 0 Å². The highest BCUT2D eigenvalue weighted by Crippen LogP contribution is 2.36. The molecule has 1 aromatic carbocycles. The molecule has 0 aliphatic heterocycles. The summed E-state index contributed by atoms with van der Waals surface area (Å²) in [7, 11) is -1.95. The number of aromatic nitrogens is 1. The summed E-state index contributed by atoms with van der Waals surface area (Å²) in [5, 5.41) is 0.635. The molecule has 112 valence electrons. The van der Waals surface area contributed by atoms with E-state index in [9.17, 15) is 8.42 Å². The maximum atomic E-state index is 11.7. The van der Waals surface area contributed by atoms with Crippen molar-refractivity contribution in [3.63, 3.8) is 0 Å². The van der Waals surface area contributed by atoms with Gasteiger partial charge >= 0.3 is 0 Å². The van der Waals surface area contributed by atoms with Crippen LogP contribution in [0.2, 0.25) is 0 Å². The Labute approximate surface area is 128 Å².